The average molecular weight is 1220 g/mol. The van der Waals surface area contributed by atoms with Crippen molar-refractivity contribution >= 4 is 11.9 Å². The van der Waals surface area contributed by atoms with Crippen molar-refractivity contribution in [2.45, 2.75) is 346 Å². The SMILES string of the molecule is CC/C=C\C/C=C\C/C=C\C/C=C\C/C=C\C/C=C\CCCCC(=O)OC1C(OCC(NC(=O)C(O)CCCCCCCCCCCCCCCCCC/C=C\C/C=C\CCCCC)C(O)/C=C/CCCCCCCCCCC)OC(CO)C(O)C1O. The van der Waals surface area contributed by atoms with Gasteiger partial charge in [0.2, 0.25) is 5.91 Å². The predicted octanol–water partition coefficient (Wildman–Crippen LogP) is 18.4. The van der Waals surface area contributed by atoms with Crippen LogP contribution in [-0.4, -0.2) is 99.6 Å². The number of aliphatic hydroxyl groups is 5. The molecule has 500 valence electrons. The molecule has 8 unspecified atom stereocenters. The summed E-state index contributed by atoms with van der Waals surface area (Å²) in [6.45, 7) is 5.64. The van der Waals surface area contributed by atoms with Crippen LogP contribution in [0.15, 0.2) is 109 Å². The van der Waals surface area contributed by atoms with Gasteiger partial charge in [0, 0.05) is 6.42 Å². The lowest BCUT2D eigenvalue weighted by molar-refractivity contribution is -0.305. The van der Waals surface area contributed by atoms with Crippen LogP contribution in [0.2, 0.25) is 0 Å². The van der Waals surface area contributed by atoms with Gasteiger partial charge in [0.1, 0.15) is 24.4 Å². The van der Waals surface area contributed by atoms with Crippen LogP contribution < -0.4 is 5.32 Å². The fourth-order valence-corrected chi connectivity index (χ4v) is 10.6. The first kappa shape index (κ1) is 81.3. The Balaban J connectivity index is 2.57. The Kier molecular flexibility index (Phi) is 58.4. The Morgan fingerprint density at radius 3 is 1.26 bits per heavy atom. The topological polar surface area (TPSA) is 175 Å². The molecule has 0 aromatic heterocycles. The summed E-state index contributed by atoms with van der Waals surface area (Å²) in [5.41, 5.74) is 0. The lowest BCUT2D eigenvalue weighted by atomic mass is 9.99. The number of unbranched alkanes of at least 4 members (excludes halogenated alkanes) is 30. The third kappa shape index (κ3) is 49.7. The maximum absolute atomic E-state index is 13.5. The molecule has 11 heteroatoms. The normalized spacial score (nSPS) is 18.9. The van der Waals surface area contributed by atoms with Gasteiger partial charge in [-0.2, -0.15) is 0 Å². The molecule has 8 atom stereocenters. The number of ether oxygens (including phenoxy) is 3. The third-order valence-corrected chi connectivity index (χ3v) is 16.2. The Labute approximate surface area is 532 Å². The van der Waals surface area contributed by atoms with Crippen molar-refractivity contribution in [3.05, 3.63) is 109 Å². The second kappa shape index (κ2) is 62.5. The van der Waals surface area contributed by atoms with Gasteiger partial charge >= 0.3 is 5.97 Å². The molecule has 0 spiro atoms. The molecule has 1 saturated heterocycles. The molecule has 0 saturated carbocycles. The van der Waals surface area contributed by atoms with Gasteiger partial charge < -0.3 is 45.1 Å². The molecule has 1 aliphatic rings. The van der Waals surface area contributed by atoms with Crippen LogP contribution in [0.4, 0.5) is 0 Å². The number of allylic oxidation sites excluding steroid dienone is 17. The number of rotatable bonds is 60. The van der Waals surface area contributed by atoms with Gasteiger partial charge in [-0.05, 0) is 109 Å². The van der Waals surface area contributed by atoms with Gasteiger partial charge in [-0.3, -0.25) is 9.59 Å². The standard InChI is InChI=1S/C76H131NO10/c1-4-7-10-13-16-19-22-24-26-28-30-32-33-34-35-36-38-39-41-43-45-48-51-54-57-60-63-69(80)75(84)77-67(68(79)62-59-56-53-50-47-21-18-15-12-9-6-3)66-85-76-74(73(83)72(82)70(65-78)86-76)87-71(81)64-61-58-55-52-49-46-44-42-40-37-31-29-27-25-23-20-17-14-11-8-5-2/h8,11,16-17,19-20,24-27,31,37,42,44,49,52,59,62,67-70,72-74,76,78-80,82-83H,4-7,9-10,12-15,18,21-23,28-30,32-36,38-41,43,45-48,50-51,53-58,60-61,63-66H2,1-3H3,(H,77,84)/b11-8-,19-16-,20-17-,26-24-,27-25-,37-31-,44-42-,52-49-,62-59+. The smallest absolute Gasteiger partial charge is 0.306 e. The average Bonchev–Trinajstić information content (AvgIpc) is 3.60. The van der Waals surface area contributed by atoms with E-state index in [0.29, 0.717) is 12.8 Å². The number of aliphatic hydroxyl groups excluding tert-OH is 5. The van der Waals surface area contributed by atoms with Crippen LogP contribution in [0, 0.1) is 0 Å². The number of nitrogens with one attached hydrogen (secondary N) is 1. The molecule has 1 fully saturated rings. The lowest BCUT2D eigenvalue weighted by Gasteiger charge is -2.41. The van der Waals surface area contributed by atoms with E-state index in [1.165, 1.54) is 148 Å². The first-order chi connectivity index (χ1) is 42.7. The summed E-state index contributed by atoms with van der Waals surface area (Å²) in [6.07, 6.45) is 75.7. The summed E-state index contributed by atoms with van der Waals surface area (Å²) in [4.78, 5) is 26.6. The molecule has 1 amide bonds. The highest BCUT2D eigenvalue weighted by molar-refractivity contribution is 5.80. The number of amides is 1. The van der Waals surface area contributed by atoms with Crippen LogP contribution in [-0.2, 0) is 23.8 Å². The van der Waals surface area contributed by atoms with Crippen LogP contribution in [0.25, 0.3) is 0 Å². The van der Waals surface area contributed by atoms with E-state index < -0.39 is 67.4 Å². The second-order valence-corrected chi connectivity index (χ2v) is 24.2. The maximum Gasteiger partial charge on any atom is 0.306 e. The number of carbonyl (C=O) groups is 2. The Morgan fingerprint density at radius 2 is 0.828 bits per heavy atom. The molecule has 1 rings (SSSR count). The zero-order valence-corrected chi connectivity index (χ0v) is 55.6. The Hall–Kier alpha value is -3.68. The largest absolute Gasteiger partial charge is 0.454 e. The molecule has 87 heavy (non-hydrogen) atoms. The van der Waals surface area contributed by atoms with Gasteiger partial charge in [-0.1, -0.05) is 291 Å². The molecule has 0 radical (unpaired) electrons. The number of carbonyl (C=O) groups excluding carboxylic acids is 2. The molecule has 11 nitrogen and oxygen atoms in total. The van der Waals surface area contributed by atoms with Crippen molar-refractivity contribution in [1.82, 2.24) is 5.32 Å². The van der Waals surface area contributed by atoms with Gasteiger partial charge in [-0.25, -0.2) is 0 Å². The fraction of sp³-hybridized carbons (Fsp3) is 0.737. The van der Waals surface area contributed by atoms with E-state index in [2.05, 4.69) is 123 Å². The number of hydrogen-bond acceptors (Lipinski definition) is 10. The summed E-state index contributed by atoms with van der Waals surface area (Å²) in [6, 6.07) is -1.04. The van der Waals surface area contributed by atoms with Gasteiger partial charge in [0.25, 0.3) is 0 Å². The molecular weight excluding hydrogens is 1090 g/mol. The van der Waals surface area contributed by atoms with Gasteiger partial charge in [-0.15, -0.1) is 0 Å². The number of hydrogen-bond donors (Lipinski definition) is 6. The van der Waals surface area contributed by atoms with Crippen molar-refractivity contribution in [3.63, 3.8) is 0 Å². The van der Waals surface area contributed by atoms with Crippen molar-refractivity contribution in [3.8, 4) is 0 Å². The summed E-state index contributed by atoms with van der Waals surface area (Å²) < 4.78 is 17.6. The summed E-state index contributed by atoms with van der Waals surface area (Å²) in [5, 5.41) is 57.2. The van der Waals surface area contributed by atoms with Crippen LogP contribution in [0.1, 0.15) is 297 Å². The Morgan fingerprint density at radius 1 is 0.460 bits per heavy atom. The predicted molar refractivity (Wildman–Crippen MR) is 365 cm³/mol. The molecule has 0 aliphatic carbocycles. The monoisotopic (exact) mass is 1220 g/mol. The van der Waals surface area contributed by atoms with Crippen molar-refractivity contribution in [2.75, 3.05) is 13.2 Å². The van der Waals surface area contributed by atoms with E-state index in [-0.39, 0.29) is 19.4 Å². The first-order valence-corrected chi connectivity index (χ1v) is 35.7. The fourth-order valence-electron chi connectivity index (χ4n) is 10.6. The summed E-state index contributed by atoms with van der Waals surface area (Å²) >= 11 is 0. The molecule has 1 heterocycles. The molecule has 0 aromatic carbocycles. The van der Waals surface area contributed by atoms with Crippen LogP contribution in [0.5, 0.6) is 0 Å². The highest BCUT2D eigenvalue weighted by atomic mass is 16.7. The number of esters is 1. The lowest BCUT2D eigenvalue weighted by Crippen LogP contribution is -2.61. The van der Waals surface area contributed by atoms with E-state index in [9.17, 15) is 35.1 Å². The minimum Gasteiger partial charge on any atom is -0.454 e. The molecule has 6 N–H and O–H groups in total. The molecular formula is C76H131NO10. The van der Waals surface area contributed by atoms with Crippen LogP contribution in [0.3, 0.4) is 0 Å². The highest BCUT2D eigenvalue weighted by Crippen LogP contribution is 2.26. The second-order valence-electron chi connectivity index (χ2n) is 24.2. The zero-order chi connectivity index (χ0) is 63.1. The first-order valence-electron chi connectivity index (χ1n) is 35.7. The third-order valence-electron chi connectivity index (χ3n) is 16.2. The van der Waals surface area contributed by atoms with E-state index in [4.69, 9.17) is 14.2 Å². The molecule has 1 aliphatic heterocycles. The molecule has 0 bridgehead atoms. The van der Waals surface area contributed by atoms with E-state index >= 15 is 0 Å². The van der Waals surface area contributed by atoms with Gasteiger partial charge in [0.05, 0.1) is 25.4 Å². The van der Waals surface area contributed by atoms with Crippen molar-refractivity contribution < 1.29 is 49.3 Å². The minimum atomic E-state index is -1.64. The van der Waals surface area contributed by atoms with E-state index in [0.717, 1.165) is 103 Å². The van der Waals surface area contributed by atoms with Crippen molar-refractivity contribution in [2.24, 2.45) is 0 Å². The quantitative estimate of drug-likeness (QED) is 0.0195. The van der Waals surface area contributed by atoms with Crippen LogP contribution >= 0.6 is 0 Å². The van der Waals surface area contributed by atoms with E-state index in [1.54, 1.807) is 6.08 Å². The highest BCUT2D eigenvalue weighted by Gasteiger charge is 2.47. The van der Waals surface area contributed by atoms with Crippen molar-refractivity contribution in [1.29, 1.82) is 0 Å². The zero-order valence-electron chi connectivity index (χ0n) is 55.6. The maximum atomic E-state index is 13.5. The molecule has 0 aromatic rings. The summed E-state index contributed by atoms with van der Waals surface area (Å²) in [5.74, 6) is -1.24. The van der Waals surface area contributed by atoms with E-state index in [1.807, 2.05) is 6.08 Å². The van der Waals surface area contributed by atoms with Gasteiger partial charge in [0.15, 0.2) is 12.4 Å². The Bertz CT molecular complexity index is 1830. The minimum absolute atomic E-state index is 0.0643. The summed E-state index contributed by atoms with van der Waals surface area (Å²) in [7, 11) is 0.